The number of benzene rings is 1. The molecule has 0 aliphatic carbocycles. The summed E-state index contributed by atoms with van der Waals surface area (Å²) in [6.07, 6.45) is 1.54. The lowest BCUT2D eigenvalue weighted by atomic mass is 10.2. The summed E-state index contributed by atoms with van der Waals surface area (Å²) < 4.78 is 7.11. The molecule has 0 aliphatic rings. The highest BCUT2D eigenvalue weighted by atomic mass is 35.5. The van der Waals surface area contributed by atoms with Gasteiger partial charge in [-0.1, -0.05) is 11.6 Å². The first-order chi connectivity index (χ1) is 8.58. The molecule has 0 spiro atoms. The van der Waals surface area contributed by atoms with Crippen molar-refractivity contribution in [3.8, 4) is 5.75 Å². The van der Waals surface area contributed by atoms with Crippen molar-refractivity contribution in [2.45, 2.75) is 6.61 Å². The molecule has 2 aromatic rings. The number of carbonyl (C=O) groups is 1. The molecule has 1 N–H and O–H groups in total. The molecule has 0 amide bonds. The lowest BCUT2D eigenvalue weighted by Crippen LogP contribution is -2.06. The van der Waals surface area contributed by atoms with Gasteiger partial charge in [0.05, 0.1) is 0 Å². The summed E-state index contributed by atoms with van der Waals surface area (Å²) >= 11 is 5.74. The van der Waals surface area contributed by atoms with E-state index in [0.29, 0.717) is 10.8 Å². The number of aryl methyl sites for hydroxylation is 1. The summed E-state index contributed by atoms with van der Waals surface area (Å²) in [6.45, 7) is 0.137. The van der Waals surface area contributed by atoms with Crippen molar-refractivity contribution in [3.63, 3.8) is 0 Å². The number of aromatic carboxylic acids is 1. The average molecular weight is 268 g/mol. The van der Waals surface area contributed by atoms with E-state index in [-0.39, 0.29) is 17.9 Å². The van der Waals surface area contributed by atoms with Crippen LogP contribution in [0.2, 0.25) is 5.02 Å². The Labute approximate surface area is 108 Å². The van der Waals surface area contributed by atoms with Gasteiger partial charge in [-0.2, -0.15) is 0 Å². The van der Waals surface area contributed by atoms with Crippen molar-refractivity contribution < 1.29 is 14.6 Å². The number of aromatic nitrogens is 3. The van der Waals surface area contributed by atoms with Crippen LogP contribution in [0, 0.1) is 0 Å². The van der Waals surface area contributed by atoms with E-state index in [0.717, 1.165) is 0 Å². The average Bonchev–Trinajstić information content (AvgIpc) is 2.73. The van der Waals surface area contributed by atoms with E-state index in [1.54, 1.807) is 24.0 Å². The van der Waals surface area contributed by atoms with E-state index in [9.17, 15) is 4.79 Å². The molecule has 2 rings (SSSR count). The molecule has 18 heavy (non-hydrogen) atoms. The molecule has 0 aliphatic heterocycles. The second-order valence-electron chi connectivity index (χ2n) is 3.59. The molecule has 0 fully saturated rings. The zero-order valence-corrected chi connectivity index (χ0v) is 10.3. The molecule has 0 saturated carbocycles. The van der Waals surface area contributed by atoms with Crippen LogP contribution in [0.4, 0.5) is 0 Å². The van der Waals surface area contributed by atoms with E-state index < -0.39 is 5.97 Å². The fraction of sp³-hybridized carbons (Fsp3) is 0.182. The number of ether oxygens (including phenoxy) is 1. The van der Waals surface area contributed by atoms with E-state index in [1.807, 2.05) is 0 Å². The summed E-state index contributed by atoms with van der Waals surface area (Å²) in [5.74, 6) is -0.248. The highest BCUT2D eigenvalue weighted by Crippen LogP contribution is 2.23. The molecule has 94 valence electrons. The topological polar surface area (TPSA) is 77.2 Å². The number of hydrogen-bond donors (Lipinski definition) is 1. The molecule has 0 unspecified atom stereocenters. The minimum absolute atomic E-state index is 0.0182. The van der Waals surface area contributed by atoms with Gasteiger partial charge in [-0.3, -0.25) is 0 Å². The molecular formula is C11H10ClN3O3. The Balaban J connectivity index is 2.19. The molecule has 1 heterocycles. The van der Waals surface area contributed by atoms with Gasteiger partial charge in [0.2, 0.25) is 0 Å². The van der Waals surface area contributed by atoms with Crippen LogP contribution in [0.25, 0.3) is 0 Å². The molecule has 1 aromatic carbocycles. The predicted molar refractivity (Wildman–Crippen MR) is 63.7 cm³/mol. The van der Waals surface area contributed by atoms with E-state index >= 15 is 0 Å². The molecule has 1 aromatic heterocycles. The molecule has 7 heteroatoms. The molecular weight excluding hydrogens is 258 g/mol. The highest BCUT2D eigenvalue weighted by molar-refractivity contribution is 6.31. The van der Waals surface area contributed by atoms with E-state index in [2.05, 4.69) is 10.2 Å². The zero-order valence-electron chi connectivity index (χ0n) is 9.50. The number of halogens is 1. The lowest BCUT2D eigenvalue weighted by molar-refractivity contribution is 0.0691. The SMILES string of the molecule is Cn1cnnc1COc1ccc(Cl)cc1C(=O)O. The Morgan fingerprint density at radius 3 is 2.94 bits per heavy atom. The minimum atomic E-state index is -1.09. The van der Waals surface area contributed by atoms with Crippen molar-refractivity contribution in [3.05, 3.63) is 40.9 Å². The molecule has 6 nitrogen and oxygen atoms in total. The van der Waals surface area contributed by atoms with Gasteiger partial charge in [-0.05, 0) is 18.2 Å². The van der Waals surface area contributed by atoms with Crippen molar-refractivity contribution in [1.82, 2.24) is 14.8 Å². The molecule has 0 saturated heterocycles. The van der Waals surface area contributed by atoms with Crippen LogP contribution in [-0.4, -0.2) is 25.8 Å². The minimum Gasteiger partial charge on any atom is -0.485 e. The monoisotopic (exact) mass is 267 g/mol. The number of nitrogens with zero attached hydrogens (tertiary/aromatic N) is 3. The van der Waals surface area contributed by atoms with E-state index in [4.69, 9.17) is 21.4 Å². The predicted octanol–water partition coefficient (Wildman–Crippen LogP) is 1.75. The first kappa shape index (κ1) is 12.4. The number of carboxylic acids is 1. The summed E-state index contributed by atoms with van der Waals surface area (Å²) in [7, 11) is 1.78. The van der Waals surface area contributed by atoms with Crippen LogP contribution in [0.15, 0.2) is 24.5 Å². The fourth-order valence-electron chi connectivity index (χ4n) is 1.38. The third kappa shape index (κ3) is 2.60. The molecule has 0 atom stereocenters. The fourth-order valence-corrected chi connectivity index (χ4v) is 1.55. The first-order valence-corrected chi connectivity index (χ1v) is 5.44. The van der Waals surface area contributed by atoms with Crippen LogP contribution in [-0.2, 0) is 13.7 Å². The molecule has 0 radical (unpaired) electrons. The lowest BCUT2D eigenvalue weighted by Gasteiger charge is -2.08. The Kier molecular flexibility index (Phi) is 3.47. The highest BCUT2D eigenvalue weighted by Gasteiger charge is 2.13. The maximum Gasteiger partial charge on any atom is 0.339 e. The Morgan fingerprint density at radius 1 is 1.56 bits per heavy atom. The largest absolute Gasteiger partial charge is 0.485 e. The summed E-state index contributed by atoms with van der Waals surface area (Å²) in [5.41, 5.74) is 0.0182. The Bertz CT molecular complexity index is 583. The zero-order chi connectivity index (χ0) is 13.1. The quantitative estimate of drug-likeness (QED) is 0.913. The second-order valence-corrected chi connectivity index (χ2v) is 4.03. The van der Waals surface area contributed by atoms with Gasteiger partial charge in [-0.25, -0.2) is 4.79 Å². The summed E-state index contributed by atoms with van der Waals surface area (Å²) in [6, 6.07) is 4.43. The third-order valence-electron chi connectivity index (χ3n) is 2.33. The molecule has 0 bridgehead atoms. The van der Waals surface area contributed by atoms with Gasteiger partial charge < -0.3 is 14.4 Å². The van der Waals surface area contributed by atoms with Crippen molar-refractivity contribution in [2.24, 2.45) is 7.05 Å². The summed E-state index contributed by atoms with van der Waals surface area (Å²) in [5, 5.41) is 16.9. The number of carboxylic acid groups (broad SMARTS) is 1. The van der Waals surface area contributed by atoms with Crippen LogP contribution in [0.5, 0.6) is 5.75 Å². The smallest absolute Gasteiger partial charge is 0.339 e. The van der Waals surface area contributed by atoms with Crippen LogP contribution >= 0.6 is 11.6 Å². The van der Waals surface area contributed by atoms with E-state index in [1.165, 1.54) is 12.1 Å². The number of rotatable bonds is 4. The summed E-state index contributed by atoms with van der Waals surface area (Å²) in [4.78, 5) is 11.0. The number of hydrogen-bond acceptors (Lipinski definition) is 4. The second kappa shape index (κ2) is 5.05. The standard InChI is InChI=1S/C11H10ClN3O3/c1-15-6-13-14-10(15)5-18-9-3-2-7(12)4-8(9)11(16)17/h2-4,6H,5H2,1H3,(H,16,17). The van der Waals surface area contributed by atoms with Gasteiger partial charge in [0.25, 0.3) is 0 Å². The Hall–Kier alpha value is -2.08. The van der Waals surface area contributed by atoms with Gasteiger partial charge in [0.1, 0.15) is 24.2 Å². The normalized spacial score (nSPS) is 10.3. The van der Waals surface area contributed by atoms with Crippen LogP contribution in [0.3, 0.4) is 0 Å². The van der Waals surface area contributed by atoms with Gasteiger partial charge in [0.15, 0.2) is 5.82 Å². The van der Waals surface area contributed by atoms with Gasteiger partial charge >= 0.3 is 5.97 Å². The van der Waals surface area contributed by atoms with Crippen molar-refractivity contribution >= 4 is 17.6 Å². The Morgan fingerprint density at radius 2 is 2.33 bits per heavy atom. The third-order valence-corrected chi connectivity index (χ3v) is 2.57. The first-order valence-electron chi connectivity index (χ1n) is 5.06. The van der Waals surface area contributed by atoms with Crippen molar-refractivity contribution in [2.75, 3.05) is 0 Å². The van der Waals surface area contributed by atoms with Crippen LogP contribution in [0.1, 0.15) is 16.2 Å². The van der Waals surface area contributed by atoms with Gasteiger partial charge in [0, 0.05) is 12.1 Å². The van der Waals surface area contributed by atoms with Crippen molar-refractivity contribution in [1.29, 1.82) is 0 Å². The van der Waals surface area contributed by atoms with Crippen LogP contribution < -0.4 is 4.74 Å². The maximum atomic E-state index is 11.0. The maximum absolute atomic E-state index is 11.0. The van der Waals surface area contributed by atoms with Gasteiger partial charge in [-0.15, -0.1) is 10.2 Å².